The molecule has 7 heteroatoms. The zero-order valence-electron chi connectivity index (χ0n) is 15.9. The van der Waals surface area contributed by atoms with Gasteiger partial charge >= 0.3 is 0 Å². The van der Waals surface area contributed by atoms with Crippen molar-refractivity contribution in [3.63, 3.8) is 0 Å². The number of nitrogens with zero attached hydrogens (tertiary/aromatic N) is 3. The summed E-state index contributed by atoms with van der Waals surface area (Å²) in [6.45, 7) is 8.38. The number of aryl methyl sites for hydroxylation is 1. The molecule has 1 fully saturated rings. The number of nitrogens with one attached hydrogen (secondary N) is 2. The molecule has 0 aromatic carbocycles. The largest absolute Gasteiger partial charge is 0.354 e. The number of piperidine rings is 1. The number of likely N-dealkylation sites (tertiary alicyclic amines) is 1. The summed E-state index contributed by atoms with van der Waals surface area (Å²) in [5.41, 5.74) is 0. The second kappa shape index (κ2) is 9.48. The third-order valence-electron chi connectivity index (χ3n) is 4.89. The molecule has 0 amide bonds. The van der Waals surface area contributed by atoms with E-state index in [0.29, 0.717) is 12.6 Å². The van der Waals surface area contributed by atoms with E-state index in [4.69, 9.17) is 0 Å². The van der Waals surface area contributed by atoms with Gasteiger partial charge in [-0.25, -0.2) is 4.98 Å². The summed E-state index contributed by atoms with van der Waals surface area (Å²) < 4.78 is 0. The number of rotatable bonds is 6. The predicted molar refractivity (Wildman–Crippen MR) is 112 cm³/mol. The molecule has 3 heterocycles. The summed E-state index contributed by atoms with van der Waals surface area (Å²) >= 11 is 3.57. The van der Waals surface area contributed by atoms with Crippen molar-refractivity contribution < 1.29 is 0 Å². The molecule has 1 atom stereocenters. The van der Waals surface area contributed by atoms with Gasteiger partial charge in [-0.2, -0.15) is 0 Å². The van der Waals surface area contributed by atoms with E-state index in [9.17, 15) is 0 Å². The van der Waals surface area contributed by atoms with Crippen molar-refractivity contribution in [3.05, 3.63) is 38.5 Å². The number of hydrogen-bond acceptors (Lipinski definition) is 5. The van der Waals surface area contributed by atoms with Crippen LogP contribution in [-0.2, 0) is 6.54 Å². The lowest BCUT2D eigenvalue weighted by Gasteiger charge is -2.36. The quantitative estimate of drug-likeness (QED) is 0.583. The predicted octanol–water partition coefficient (Wildman–Crippen LogP) is 3.65. The summed E-state index contributed by atoms with van der Waals surface area (Å²) in [6.07, 6.45) is 4.50. The summed E-state index contributed by atoms with van der Waals surface area (Å²) in [4.78, 5) is 14.1. The van der Waals surface area contributed by atoms with Crippen molar-refractivity contribution in [1.29, 1.82) is 0 Å². The molecule has 0 radical (unpaired) electrons. The number of hydrogen-bond donors (Lipinski definition) is 2. The van der Waals surface area contributed by atoms with Crippen LogP contribution in [-0.4, -0.2) is 42.5 Å². The number of aliphatic imine (C=N–C) groups is 1. The molecule has 0 bridgehead atoms. The second-order valence-electron chi connectivity index (χ2n) is 6.92. The van der Waals surface area contributed by atoms with Crippen LogP contribution in [0.1, 0.15) is 40.6 Å². The van der Waals surface area contributed by atoms with Gasteiger partial charge in [0.15, 0.2) is 5.96 Å². The van der Waals surface area contributed by atoms with E-state index in [2.05, 4.69) is 56.9 Å². The minimum Gasteiger partial charge on any atom is -0.354 e. The topological polar surface area (TPSA) is 52.6 Å². The van der Waals surface area contributed by atoms with Crippen LogP contribution < -0.4 is 10.6 Å². The average Bonchev–Trinajstić information content (AvgIpc) is 3.31. The molecule has 1 aliphatic rings. The Morgan fingerprint density at radius 2 is 2.19 bits per heavy atom. The number of thiophene rings is 1. The Labute approximate surface area is 164 Å². The average molecular weight is 392 g/mol. The molecule has 0 saturated carbocycles. The van der Waals surface area contributed by atoms with Crippen molar-refractivity contribution in [2.45, 2.75) is 39.3 Å². The van der Waals surface area contributed by atoms with E-state index < -0.39 is 0 Å². The normalized spacial score (nSPS) is 18.0. The highest BCUT2D eigenvalue weighted by Crippen LogP contribution is 2.29. The van der Waals surface area contributed by atoms with Gasteiger partial charge in [0.25, 0.3) is 0 Å². The highest BCUT2D eigenvalue weighted by Gasteiger charge is 2.25. The Kier molecular flexibility index (Phi) is 7.05. The molecular formula is C19H29N5S2. The maximum Gasteiger partial charge on any atom is 0.191 e. The van der Waals surface area contributed by atoms with Gasteiger partial charge < -0.3 is 10.6 Å². The van der Waals surface area contributed by atoms with Gasteiger partial charge in [0.1, 0.15) is 5.01 Å². The van der Waals surface area contributed by atoms with Crippen LogP contribution in [0.5, 0.6) is 0 Å². The van der Waals surface area contributed by atoms with Gasteiger partial charge in [0.05, 0.1) is 12.6 Å². The van der Waals surface area contributed by atoms with Crippen LogP contribution in [0.3, 0.4) is 0 Å². The van der Waals surface area contributed by atoms with Gasteiger partial charge in [0.2, 0.25) is 0 Å². The zero-order valence-corrected chi connectivity index (χ0v) is 17.5. The minimum atomic E-state index is 0.406. The Hall–Kier alpha value is -1.44. The van der Waals surface area contributed by atoms with E-state index in [1.54, 1.807) is 11.3 Å². The first-order valence-corrected chi connectivity index (χ1v) is 11.0. The van der Waals surface area contributed by atoms with Crippen LogP contribution in [0.15, 0.2) is 28.7 Å². The van der Waals surface area contributed by atoms with Gasteiger partial charge in [-0.05, 0) is 50.2 Å². The van der Waals surface area contributed by atoms with Crippen LogP contribution in [0.4, 0.5) is 0 Å². The van der Waals surface area contributed by atoms with E-state index >= 15 is 0 Å². The van der Waals surface area contributed by atoms with Crippen LogP contribution in [0, 0.1) is 12.8 Å². The van der Waals surface area contributed by atoms with Crippen LogP contribution in [0.25, 0.3) is 0 Å². The standard InChI is InChI=1S/C19H29N5S2/c1-14-6-8-24(9-7-14)16(17-5-4-10-25-17)12-22-19(20-3)23-13-18-21-11-15(2)26-18/h4-5,10-11,14,16H,6-9,12-13H2,1-3H3,(H2,20,22,23). The first-order valence-electron chi connectivity index (χ1n) is 9.29. The molecule has 2 aromatic heterocycles. The van der Waals surface area contributed by atoms with Crippen molar-refractivity contribution in [2.24, 2.45) is 10.9 Å². The molecule has 1 aliphatic heterocycles. The molecular weight excluding hydrogens is 362 g/mol. The number of aromatic nitrogens is 1. The van der Waals surface area contributed by atoms with E-state index in [-0.39, 0.29) is 0 Å². The Balaban J connectivity index is 1.57. The molecule has 3 rings (SSSR count). The summed E-state index contributed by atoms with van der Waals surface area (Å²) in [5.74, 6) is 1.68. The Bertz CT molecular complexity index is 687. The van der Waals surface area contributed by atoms with Crippen LogP contribution in [0.2, 0.25) is 0 Å². The fraction of sp³-hybridized carbons (Fsp3) is 0.579. The monoisotopic (exact) mass is 391 g/mol. The lowest BCUT2D eigenvalue weighted by atomic mass is 9.97. The fourth-order valence-electron chi connectivity index (χ4n) is 3.29. The van der Waals surface area contributed by atoms with E-state index in [0.717, 1.165) is 23.4 Å². The highest BCUT2D eigenvalue weighted by molar-refractivity contribution is 7.11. The maximum absolute atomic E-state index is 4.41. The molecule has 2 N–H and O–H groups in total. The van der Waals surface area contributed by atoms with Crippen molar-refractivity contribution in [2.75, 3.05) is 26.7 Å². The molecule has 26 heavy (non-hydrogen) atoms. The third kappa shape index (κ3) is 5.28. The van der Waals surface area contributed by atoms with E-state index in [1.807, 2.05) is 24.6 Å². The summed E-state index contributed by atoms with van der Waals surface area (Å²) in [5, 5.41) is 10.2. The molecule has 0 spiro atoms. The first kappa shape index (κ1) is 19.3. The minimum absolute atomic E-state index is 0.406. The molecule has 1 saturated heterocycles. The molecule has 0 aliphatic carbocycles. The zero-order chi connectivity index (χ0) is 18.4. The second-order valence-corrected chi connectivity index (χ2v) is 9.22. The lowest BCUT2D eigenvalue weighted by molar-refractivity contribution is 0.140. The van der Waals surface area contributed by atoms with Crippen molar-refractivity contribution in [3.8, 4) is 0 Å². The molecule has 5 nitrogen and oxygen atoms in total. The van der Waals surface area contributed by atoms with Crippen molar-refractivity contribution >= 4 is 28.6 Å². The third-order valence-corrected chi connectivity index (χ3v) is 6.78. The van der Waals surface area contributed by atoms with Crippen molar-refractivity contribution in [1.82, 2.24) is 20.5 Å². The highest BCUT2D eigenvalue weighted by atomic mass is 32.1. The van der Waals surface area contributed by atoms with E-state index in [1.165, 1.54) is 35.7 Å². The number of thiazole rings is 1. The Morgan fingerprint density at radius 1 is 1.38 bits per heavy atom. The van der Waals surface area contributed by atoms with Gasteiger partial charge in [-0.3, -0.25) is 9.89 Å². The lowest BCUT2D eigenvalue weighted by Crippen LogP contribution is -2.44. The van der Waals surface area contributed by atoms with Gasteiger partial charge in [-0.1, -0.05) is 13.0 Å². The Morgan fingerprint density at radius 3 is 2.81 bits per heavy atom. The van der Waals surface area contributed by atoms with Gasteiger partial charge in [0, 0.05) is 29.5 Å². The fourth-order valence-corrected chi connectivity index (χ4v) is 4.87. The maximum atomic E-state index is 4.41. The molecule has 2 aromatic rings. The summed E-state index contributed by atoms with van der Waals surface area (Å²) in [6, 6.07) is 4.81. The molecule has 142 valence electrons. The van der Waals surface area contributed by atoms with Crippen LogP contribution >= 0.6 is 22.7 Å². The molecule has 1 unspecified atom stereocenters. The SMILES string of the molecule is CN=C(NCc1ncc(C)s1)NCC(c1cccs1)N1CCC(C)CC1. The number of guanidine groups is 1. The smallest absolute Gasteiger partial charge is 0.191 e. The summed E-state index contributed by atoms with van der Waals surface area (Å²) in [7, 11) is 1.82. The van der Waals surface area contributed by atoms with Gasteiger partial charge in [-0.15, -0.1) is 22.7 Å². The first-order chi connectivity index (χ1) is 12.7.